The van der Waals surface area contributed by atoms with Crippen LogP contribution in [0.5, 0.6) is 0 Å². The van der Waals surface area contributed by atoms with Gasteiger partial charge in [-0.3, -0.25) is 4.79 Å². The summed E-state index contributed by atoms with van der Waals surface area (Å²) in [5.74, 6) is -1.57. The third kappa shape index (κ3) is 3.50. The number of benzene rings is 1. The molecule has 1 aromatic carbocycles. The summed E-state index contributed by atoms with van der Waals surface area (Å²) in [6, 6.07) is 3.10. The number of halogens is 3. The summed E-state index contributed by atoms with van der Waals surface area (Å²) in [5.41, 5.74) is -1.13. The van der Waals surface area contributed by atoms with E-state index in [1.54, 1.807) is 6.92 Å². The van der Waals surface area contributed by atoms with Crippen LogP contribution in [0.2, 0.25) is 0 Å². The lowest BCUT2D eigenvalue weighted by Crippen LogP contribution is -2.30. The molecule has 0 radical (unpaired) electrons. The highest BCUT2D eigenvalue weighted by atomic mass is 32.2. The Morgan fingerprint density at radius 2 is 1.95 bits per heavy atom. The normalized spacial score (nSPS) is 14.0. The minimum Gasteiger partial charge on any atom is -0.480 e. The smallest absolute Gasteiger partial charge is 0.416 e. The van der Waals surface area contributed by atoms with Gasteiger partial charge in [0.1, 0.15) is 0 Å². The average molecular weight is 310 g/mol. The molecule has 0 spiro atoms. The van der Waals surface area contributed by atoms with Crippen LogP contribution < -0.4 is 0 Å². The molecule has 0 aliphatic rings. The van der Waals surface area contributed by atoms with E-state index in [0.29, 0.717) is 6.07 Å². The van der Waals surface area contributed by atoms with E-state index >= 15 is 0 Å². The quantitative estimate of drug-likeness (QED) is 0.907. The summed E-state index contributed by atoms with van der Waals surface area (Å²) in [7, 11) is -4.34. The molecular formula is C12H13F3O4S. The second-order valence-electron chi connectivity index (χ2n) is 4.19. The molecule has 0 amide bonds. The third-order valence-corrected chi connectivity index (χ3v) is 4.79. The van der Waals surface area contributed by atoms with Crippen LogP contribution in [-0.4, -0.2) is 24.7 Å². The van der Waals surface area contributed by atoms with E-state index in [1.165, 1.54) is 0 Å². The number of hydrogen-bond acceptors (Lipinski definition) is 3. The van der Waals surface area contributed by atoms with Gasteiger partial charge in [0.25, 0.3) is 0 Å². The van der Waals surface area contributed by atoms with Crippen molar-refractivity contribution in [2.24, 2.45) is 0 Å². The molecule has 0 heterocycles. The molecule has 0 saturated heterocycles. The Morgan fingerprint density at radius 3 is 2.40 bits per heavy atom. The van der Waals surface area contributed by atoms with E-state index in [1.807, 2.05) is 0 Å². The maximum absolute atomic E-state index is 12.6. The summed E-state index contributed by atoms with van der Waals surface area (Å²) in [6.07, 6.45) is -4.56. The van der Waals surface area contributed by atoms with Crippen LogP contribution in [0.1, 0.15) is 25.3 Å². The van der Waals surface area contributed by atoms with Gasteiger partial charge in [0.2, 0.25) is 0 Å². The van der Waals surface area contributed by atoms with Gasteiger partial charge in [0, 0.05) is 0 Å². The molecule has 0 aliphatic heterocycles. The molecule has 8 heteroatoms. The number of carboxylic acids is 1. The number of sulfone groups is 1. The van der Waals surface area contributed by atoms with Crippen molar-refractivity contribution < 1.29 is 31.5 Å². The fourth-order valence-electron chi connectivity index (χ4n) is 1.69. The summed E-state index contributed by atoms with van der Waals surface area (Å²) in [4.78, 5) is 10.4. The van der Waals surface area contributed by atoms with Gasteiger partial charge in [-0.05, 0) is 24.6 Å². The number of alkyl halides is 3. The van der Waals surface area contributed by atoms with Crippen LogP contribution in [-0.2, 0) is 20.8 Å². The Morgan fingerprint density at radius 1 is 1.35 bits per heavy atom. The van der Waals surface area contributed by atoms with Gasteiger partial charge < -0.3 is 5.11 Å². The molecular weight excluding hydrogens is 297 g/mol. The van der Waals surface area contributed by atoms with Crippen LogP contribution in [0.25, 0.3) is 0 Å². The van der Waals surface area contributed by atoms with Gasteiger partial charge in [-0.25, -0.2) is 8.42 Å². The number of carboxylic acid groups (broad SMARTS) is 1. The molecule has 112 valence electrons. The van der Waals surface area contributed by atoms with Crippen molar-refractivity contribution in [1.29, 1.82) is 0 Å². The van der Waals surface area contributed by atoms with E-state index in [0.717, 1.165) is 18.2 Å². The van der Waals surface area contributed by atoms with Gasteiger partial charge in [-0.2, -0.15) is 13.2 Å². The SMILES string of the molecule is CCCC(C(=O)O)S(=O)(=O)c1cccc(C(F)(F)F)c1. The minimum absolute atomic E-state index is 0.159. The molecule has 20 heavy (non-hydrogen) atoms. The van der Waals surface area contributed by atoms with Crippen LogP contribution in [0, 0.1) is 0 Å². The second-order valence-corrected chi connectivity index (χ2v) is 6.32. The number of hydrogen-bond donors (Lipinski definition) is 1. The van der Waals surface area contributed by atoms with Crippen molar-refractivity contribution in [1.82, 2.24) is 0 Å². The lowest BCUT2D eigenvalue weighted by Gasteiger charge is -2.14. The van der Waals surface area contributed by atoms with E-state index < -0.39 is 37.7 Å². The highest BCUT2D eigenvalue weighted by molar-refractivity contribution is 7.92. The fourth-order valence-corrected chi connectivity index (χ4v) is 3.39. The highest BCUT2D eigenvalue weighted by Crippen LogP contribution is 2.31. The average Bonchev–Trinajstić information content (AvgIpc) is 2.34. The maximum atomic E-state index is 12.6. The Labute approximate surface area is 114 Å². The first-order chi connectivity index (χ1) is 9.10. The van der Waals surface area contributed by atoms with Crippen LogP contribution in [0.4, 0.5) is 13.2 Å². The Balaban J connectivity index is 3.31. The van der Waals surface area contributed by atoms with Crippen molar-refractivity contribution in [3.05, 3.63) is 29.8 Å². The van der Waals surface area contributed by atoms with Crippen molar-refractivity contribution >= 4 is 15.8 Å². The zero-order chi connectivity index (χ0) is 15.6. The van der Waals surface area contributed by atoms with E-state index in [-0.39, 0.29) is 12.8 Å². The van der Waals surface area contributed by atoms with Crippen molar-refractivity contribution in [2.75, 3.05) is 0 Å². The molecule has 0 bridgehead atoms. The number of aliphatic carboxylic acids is 1. The standard InChI is InChI=1S/C12H13F3O4S/c1-2-4-10(11(16)17)20(18,19)9-6-3-5-8(7-9)12(13,14)15/h3,5-7,10H,2,4H2,1H3,(H,16,17). The fraction of sp³-hybridized carbons (Fsp3) is 0.417. The second kappa shape index (κ2) is 5.82. The molecule has 1 atom stereocenters. The van der Waals surface area contributed by atoms with Gasteiger partial charge >= 0.3 is 12.1 Å². The number of carbonyl (C=O) groups is 1. The van der Waals surface area contributed by atoms with Crippen molar-refractivity contribution in [3.8, 4) is 0 Å². The van der Waals surface area contributed by atoms with Crippen LogP contribution in [0.15, 0.2) is 29.2 Å². The van der Waals surface area contributed by atoms with E-state index in [9.17, 15) is 26.4 Å². The van der Waals surface area contributed by atoms with Crippen molar-refractivity contribution in [2.45, 2.75) is 36.1 Å². The van der Waals surface area contributed by atoms with Gasteiger partial charge in [0.05, 0.1) is 10.5 Å². The van der Waals surface area contributed by atoms with Gasteiger partial charge in [-0.15, -0.1) is 0 Å². The molecule has 0 saturated carbocycles. The largest absolute Gasteiger partial charge is 0.480 e. The van der Waals surface area contributed by atoms with Gasteiger partial charge in [0.15, 0.2) is 15.1 Å². The van der Waals surface area contributed by atoms with Gasteiger partial charge in [-0.1, -0.05) is 19.4 Å². The summed E-state index contributed by atoms with van der Waals surface area (Å²) in [5, 5.41) is 7.19. The predicted molar refractivity (Wildman–Crippen MR) is 65.0 cm³/mol. The monoisotopic (exact) mass is 310 g/mol. The lowest BCUT2D eigenvalue weighted by molar-refractivity contribution is -0.138. The Kier molecular flexibility index (Phi) is 4.80. The summed E-state index contributed by atoms with van der Waals surface area (Å²) < 4.78 is 61.8. The van der Waals surface area contributed by atoms with Crippen molar-refractivity contribution in [3.63, 3.8) is 0 Å². The Bertz CT molecular complexity index is 593. The first kappa shape index (κ1) is 16.5. The molecule has 4 nitrogen and oxygen atoms in total. The van der Waals surface area contributed by atoms with E-state index in [2.05, 4.69) is 0 Å². The minimum atomic E-state index is -4.69. The molecule has 0 aromatic heterocycles. The van der Waals surface area contributed by atoms with E-state index in [4.69, 9.17) is 5.11 Å². The molecule has 0 fully saturated rings. The summed E-state index contributed by atoms with van der Waals surface area (Å²) in [6.45, 7) is 1.59. The first-order valence-corrected chi connectivity index (χ1v) is 7.29. The zero-order valence-corrected chi connectivity index (χ0v) is 11.3. The molecule has 1 unspecified atom stereocenters. The predicted octanol–water partition coefficient (Wildman–Crippen LogP) is 2.73. The third-order valence-electron chi connectivity index (χ3n) is 2.69. The molecule has 1 aromatic rings. The van der Waals surface area contributed by atoms with Crippen LogP contribution in [0.3, 0.4) is 0 Å². The first-order valence-electron chi connectivity index (χ1n) is 5.74. The maximum Gasteiger partial charge on any atom is 0.416 e. The zero-order valence-electron chi connectivity index (χ0n) is 10.5. The summed E-state index contributed by atoms with van der Waals surface area (Å²) >= 11 is 0. The highest BCUT2D eigenvalue weighted by Gasteiger charge is 2.36. The number of rotatable bonds is 5. The molecule has 0 aliphatic carbocycles. The van der Waals surface area contributed by atoms with Crippen LogP contribution >= 0.6 is 0 Å². The Hall–Kier alpha value is -1.57. The molecule has 1 rings (SSSR count). The molecule has 1 N–H and O–H groups in total. The lowest BCUT2D eigenvalue weighted by atomic mass is 10.2. The topological polar surface area (TPSA) is 71.4 Å².